The number of benzene rings is 1. The number of likely N-dealkylation sites (N-methyl/N-ethyl adjacent to an activating group) is 1. The number of ether oxygens (including phenoxy) is 1. The summed E-state index contributed by atoms with van der Waals surface area (Å²) < 4.78 is 19.9. The summed E-state index contributed by atoms with van der Waals surface area (Å²) in [6.45, 7) is 6.74. The number of H-pyrrole nitrogens is 1. The molecule has 2 N–H and O–H groups in total. The maximum absolute atomic E-state index is 14.8. The summed E-state index contributed by atoms with van der Waals surface area (Å²) in [6, 6.07) is 9.24. The first kappa shape index (κ1) is 26.2. The van der Waals surface area contributed by atoms with Gasteiger partial charge in [-0.15, -0.1) is 0 Å². The Morgan fingerprint density at radius 3 is 2.86 bits per heavy atom. The predicted octanol–water partition coefficient (Wildman–Crippen LogP) is 6.05. The summed E-state index contributed by atoms with van der Waals surface area (Å²) in [5, 5.41) is 10.9. The van der Waals surface area contributed by atoms with E-state index >= 15 is 0 Å². The van der Waals surface area contributed by atoms with E-state index in [-0.39, 0.29) is 5.83 Å². The molecule has 0 spiro atoms. The third kappa shape index (κ3) is 7.28. The molecule has 0 aliphatic heterocycles. The Bertz CT molecular complexity index is 1220. The molecule has 6 nitrogen and oxygen atoms in total. The largest absolute Gasteiger partial charge is 0.380 e. The van der Waals surface area contributed by atoms with Crippen LogP contribution in [0.2, 0.25) is 0 Å². The van der Waals surface area contributed by atoms with Gasteiger partial charge in [0.15, 0.2) is 5.65 Å². The van der Waals surface area contributed by atoms with Crippen LogP contribution in [0.4, 0.5) is 4.39 Å². The van der Waals surface area contributed by atoms with Gasteiger partial charge < -0.3 is 10.1 Å². The number of fused-ring (bicyclic) bond motifs is 1. The number of aldehydes is 1. The minimum Gasteiger partial charge on any atom is -0.380 e. The van der Waals surface area contributed by atoms with Gasteiger partial charge in [0.05, 0.1) is 12.3 Å². The highest BCUT2D eigenvalue weighted by atomic mass is 19.1. The van der Waals surface area contributed by atoms with Crippen molar-refractivity contribution >= 4 is 22.9 Å². The van der Waals surface area contributed by atoms with Crippen molar-refractivity contribution in [1.29, 1.82) is 0 Å². The molecule has 35 heavy (non-hydrogen) atoms. The molecule has 0 radical (unpaired) electrons. The van der Waals surface area contributed by atoms with E-state index in [2.05, 4.69) is 27.4 Å². The van der Waals surface area contributed by atoms with Crippen LogP contribution in [-0.2, 0) is 4.74 Å². The Kier molecular flexibility index (Phi) is 10.1. The molecule has 7 heteroatoms. The van der Waals surface area contributed by atoms with Crippen molar-refractivity contribution in [3.05, 3.63) is 77.4 Å². The monoisotopic (exact) mass is 476 g/mol. The second-order valence-electron chi connectivity index (χ2n) is 8.30. The van der Waals surface area contributed by atoms with Gasteiger partial charge in [0, 0.05) is 47.9 Å². The number of hydrogen-bond donors (Lipinski definition) is 2. The summed E-state index contributed by atoms with van der Waals surface area (Å²) in [5.74, 6) is -0.169. The Hall–Kier alpha value is -3.42. The average molecular weight is 477 g/mol. The third-order valence-electron chi connectivity index (χ3n) is 5.46. The fourth-order valence-corrected chi connectivity index (χ4v) is 3.65. The van der Waals surface area contributed by atoms with Crippen molar-refractivity contribution in [3.63, 3.8) is 0 Å². The average Bonchev–Trinajstić information content (AvgIpc) is 3.30. The highest BCUT2D eigenvalue weighted by Gasteiger charge is 2.16. The molecular weight excluding hydrogens is 443 g/mol. The zero-order valence-corrected chi connectivity index (χ0v) is 20.6. The van der Waals surface area contributed by atoms with Crippen molar-refractivity contribution in [2.75, 3.05) is 26.8 Å². The van der Waals surface area contributed by atoms with Crippen LogP contribution in [0.3, 0.4) is 0 Å². The lowest BCUT2D eigenvalue weighted by atomic mass is 9.99. The maximum atomic E-state index is 14.8. The maximum Gasteiger partial charge on any atom is 0.181 e. The molecule has 0 saturated heterocycles. The van der Waals surface area contributed by atoms with Crippen LogP contribution in [0.15, 0.2) is 66.2 Å². The number of hydrogen-bond acceptors (Lipinski definition) is 5. The number of aromatic nitrogens is 3. The summed E-state index contributed by atoms with van der Waals surface area (Å²) in [5.41, 5.74) is 4.97. The van der Waals surface area contributed by atoms with Gasteiger partial charge in [0.25, 0.3) is 0 Å². The van der Waals surface area contributed by atoms with Crippen LogP contribution in [0, 0.1) is 0 Å². The number of nitrogens with one attached hydrogen (secondary N) is 2. The van der Waals surface area contributed by atoms with Crippen molar-refractivity contribution in [3.8, 4) is 11.1 Å². The number of allylic oxidation sites excluding steroid dienone is 6. The number of aromatic amines is 1. The van der Waals surface area contributed by atoms with E-state index in [1.165, 1.54) is 0 Å². The first-order valence-electron chi connectivity index (χ1n) is 11.9. The number of rotatable bonds is 8. The van der Waals surface area contributed by atoms with E-state index < -0.39 is 0 Å². The molecule has 1 aliphatic rings. The molecule has 0 bridgehead atoms. The number of halogens is 1. The predicted molar refractivity (Wildman–Crippen MR) is 140 cm³/mol. The molecule has 1 aromatic carbocycles. The first-order valence-corrected chi connectivity index (χ1v) is 11.9. The standard InChI is InChI=1S/C22H18FN3O.C6H15NO/c1-14-5-2-3-8-20(23)18(9-14)21-19-11-17(12-24-22(19)26-25-21)16-7-4-6-15(10-16)13-27;1-3-5-8-6-4-7-2/h2,4-7,9-13H,3,8H2,1H3,(H,24,25,26);7H,3-6H2,1-2H3/b5-2-,14-9-,20-18-;. The fraction of sp³-hybridized carbons (Fsp3) is 0.321. The van der Waals surface area contributed by atoms with E-state index in [0.29, 0.717) is 35.3 Å². The van der Waals surface area contributed by atoms with Crippen LogP contribution >= 0.6 is 0 Å². The molecule has 0 fully saturated rings. The quantitative estimate of drug-likeness (QED) is 0.306. The van der Waals surface area contributed by atoms with Gasteiger partial charge in [-0.05, 0) is 50.6 Å². The second kappa shape index (κ2) is 13.5. The van der Waals surface area contributed by atoms with Gasteiger partial charge >= 0.3 is 0 Å². The van der Waals surface area contributed by atoms with Gasteiger partial charge in [-0.1, -0.05) is 42.8 Å². The molecule has 2 heterocycles. The summed E-state index contributed by atoms with van der Waals surface area (Å²) in [7, 11) is 1.93. The van der Waals surface area contributed by atoms with E-state index in [4.69, 9.17) is 4.74 Å². The number of carbonyl (C=O) groups is 1. The summed E-state index contributed by atoms with van der Waals surface area (Å²) in [6.07, 6.45) is 10.5. The van der Waals surface area contributed by atoms with Gasteiger partial charge in [-0.25, -0.2) is 9.37 Å². The Balaban J connectivity index is 0.000000371. The Morgan fingerprint density at radius 2 is 2.09 bits per heavy atom. The van der Waals surface area contributed by atoms with Crippen molar-refractivity contribution < 1.29 is 13.9 Å². The molecule has 2 aromatic heterocycles. The van der Waals surface area contributed by atoms with Gasteiger partial charge in [-0.3, -0.25) is 9.89 Å². The molecular formula is C28H33FN4O2. The molecule has 4 rings (SSSR count). The van der Waals surface area contributed by atoms with E-state index in [0.717, 1.165) is 54.6 Å². The molecule has 0 saturated carbocycles. The van der Waals surface area contributed by atoms with Crippen LogP contribution < -0.4 is 5.32 Å². The second-order valence-corrected chi connectivity index (χ2v) is 8.30. The van der Waals surface area contributed by atoms with Crippen LogP contribution in [0.25, 0.3) is 27.7 Å². The van der Waals surface area contributed by atoms with Crippen LogP contribution in [0.1, 0.15) is 49.2 Å². The smallest absolute Gasteiger partial charge is 0.181 e. The lowest BCUT2D eigenvalue weighted by molar-refractivity contribution is 0.112. The van der Waals surface area contributed by atoms with Gasteiger partial charge in [0.2, 0.25) is 0 Å². The van der Waals surface area contributed by atoms with Crippen molar-refractivity contribution in [1.82, 2.24) is 20.5 Å². The molecule has 0 unspecified atom stereocenters. The molecule has 3 aromatic rings. The summed E-state index contributed by atoms with van der Waals surface area (Å²) >= 11 is 0. The number of pyridine rings is 1. The minimum absolute atomic E-state index is 0.169. The van der Waals surface area contributed by atoms with Gasteiger partial charge in [-0.2, -0.15) is 5.10 Å². The number of carbonyl (C=O) groups excluding carboxylic acids is 1. The zero-order chi connectivity index (χ0) is 25.0. The normalized spacial score (nSPS) is 18.1. The van der Waals surface area contributed by atoms with E-state index in [1.54, 1.807) is 18.3 Å². The van der Waals surface area contributed by atoms with Gasteiger partial charge in [0.1, 0.15) is 12.1 Å². The fourth-order valence-electron chi connectivity index (χ4n) is 3.65. The van der Waals surface area contributed by atoms with Crippen LogP contribution in [-0.4, -0.2) is 48.3 Å². The van der Waals surface area contributed by atoms with E-state index in [1.807, 2.05) is 50.4 Å². The van der Waals surface area contributed by atoms with E-state index in [9.17, 15) is 9.18 Å². The minimum atomic E-state index is -0.169. The molecule has 0 atom stereocenters. The molecule has 184 valence electrons. The zero-order valence-electron chi connectivity index (χ0n) is 20.6. The molecule has 1 aliphatic carbocycles. The first-order chi connectivity index (χ1) is 17.1. The lowest BCUT2D eigenvalue weighted by Crippen LogP contribution is -2.14. The highest BCUT2D eigenvalue weighted by molar-refractivity contribution is 5.94. The number of nitrogens with zero attached hydrogens (tertiary/aromatic N) is 2. The van der Waals surface area contributed by atoms with Crippen molar-refractivity contribution in [2.24, 2.45) is 0 Å². The van der Waals surface area contributed by atoms with Crippen molar-refractivity contribution in [2.45, 2.75) is 33.1 Å². The topological polar surface area (TPSA) is 79.9 Å². The third-order valence-corrected chi connectivity index (χ3v) is 5.46. The Labute approximate surface area is 206 Å². The Morgan fingerprint density at radius 1 is 1.23 bits per heavy atom. The molecule has 0 amide bonds. The van der Waals surface area contributed by atoms with Crippen LogP contribution in [0.5, 0.6) is 0 Å². The SMILES string of the molecule is CC1=C/C(c2[nH]nc3ncc(-c4cccc(C=O)c4)cc23)=C(/F)CC/C=C\1.CCCOCCNC. The summed E-state index contributed by atoms with van der Waals surface area (Å²) in [4.78, 5) is 15.5. The lowest BCUT2D eigenvalue weighted by Gasteiger charge is -2.08. The highest BCUT2D eigenvalue weighted by Crippen LogP contribution is 2.32.